The predicted molar refractivity (Wildman–Crippen MR) is 274 cm³/mol. The van der Waals surface area contributed by atoms with Gasteiger partial charge in [0.15, 0.2) is 31.9 Å². The maximum absolute atomic E-state index is 16.3. The summed E-state index contributed by atoms with van der Waals surface area (Å²) in [5.74, 6) is -6.69. The Morgan fingerprint density at radius 3 is 1.97 bits per heavy atom. The average molecular weight is 1050 g/mol. The zero-order valence-electron chi connectivity index (χ0n) is 44.5. The largest absolute Gasteiger partial charge is 0.508 e. The maximum Gasteiger partial charge on any atom is 0.508 e. The lowest BCUT2D eigenvalue weighted by atomic mass is 9.44. The lowest BCUT2D eigenvalue weighted by Crippen LogP contribution is -2.82. The second-order valence-electron chi connectivity index (χ2n) is 22.1. The van der Waals surface area contributed by atoms with Crippen molar-refractivity contribution in [3.63, 3.8) is 0 Å². The number of aliphatic hydroxyl groups is 1. The minimum absolute atomic E-state index is 0.00459. The summed E-state index contributed by atoms with van der Waals surface area (Å²) in [6, 6.07) is 24.0. The SMILES string of the molecule is C=CCOC(=O)O[C@H]1C[C@H]2OC[C@@]2(OC(C)=O)[C@H]2[C@H](OC(=O)c3ccccc3)[C@]3(O)C[C@H](OC(=O)[C@H](O[Si](C)(C)C(C)(C)C)[C@@H](NC(=O)c4ccccc4)c4ccccc4)C(C)=C([C@@H](OC(C)=O)C(=O)[C@]12C)C3(C)C. The molecule has 0 radical (unpaired) electrons. The lowest BCUT2D eigenvalue weighted by Gasteiger charge is -2.67. The number of benzene rings is 3. The minimum atomic E-state index is -2.97. The van der Waals surface area contributed by atoms with Gasteiger partial charge >= 0.3 is 30.0 Å². The van der Waals surface area contributed by atoms with Crippen molar-refractivity contribution in [1.29, 1.82) is 0 Å². The smallest absolute Gasteiger partial charge is 0.456 e. The topological polar surface area (TPSA) is 226 Å². The number of ether oxygens (including phenoxy) is 7. The third-order valence-corrected chi connectivity index (χ3v) is 20.7. The van der Waals surface area contributed by atoms with Gasteiger partial charge in [0.05, 0.1) is 29.5 Å². The first-order valence-electron chi connectivity index (χ1n) is 25.1. The van der Waals surface area contributed by atoms with Crippen LogP contribution in [0.5, 0.6) is 0 Å². The van der Waals surface area contributed by atoms with E-state index in [-0.39, 0.29) is 36.3 Å². The van der Waals surface area contributed by atoms with Crippen molar-refractivity contribution in [2.24, 2.45) is 16.7 Å². The summed E-state index contributed by atoms with van der Waals surface area (Å²) in [6.07, 6.45) is -10.2. The Balaban J connectivity index is 1.47. The van der Waals surface area contributed by atoms with Crippen LogP contribution in [0.3, 0.4) is 0 Å². The van der Waals surface area contributed by atoms with Gasteiger partial charge in [-0.15, -0.1) is 0 Å². The third kappa shape index (κ3) is 10.5. The number of esters is 4. The number of nitrogens with one attached hydrogen (secondary N) is 1. The van der Waals surface area contributed by atoms with Crippen molar-refractivity contribution in [2.75, 3.05) is 13.2 Å². The van der Waals surface area contributed by atoms with Crippen LogP contribution in [0, 0.1) is 16.7 Å². The van der Waals surface area contributed by atoms with E-state index in [1.165, 1.54) is 25.1 Å². The van der Waals surface area contributed by atoms with Gasteiger partial charge in [-0.1, -0.05) is 114 Å². The van der Waals surface area contributed by atoms with Crippen molar-refractivity contribution in [1.82, 2.24) is 5.32 Å². The van der Waals surface area contributed by atoms with Gasteiger partial charge < -0.3 is 48.0 Å². The fraction of sp³-hybridized carbons (Fsp3) is 0.491. The molecule has 18 heteroatoms. The molecule has 7 rings (SSSR count). The van der Waals surface area contributed by atoms with Crippen molar-refractivity contribution >= 4 is 50.0 Å². The van der Waals surface area contributed by atoms with E-state index in [0.29, 0.717) is 11.1 Å². The maximum atomic E-state index is 16.3. The molecule has 3 fully saturated rings. The van der Waals surface area contributed by atoms with Crippen LogP contribution in [-0.2, 0) is 56.8 Å². The molecule has 3 aromatic carbocycles. The van der Waals surface area contributed by atoms with E-state index in [1.54, 1.807) is 99.6 Å². The molecular weight excluding hydrogens is 983 g/mol. The van der Waals surface area contributed by atoms with E-state index in [4.69, 9.17) is 37.6 Å². The van der Waals surface area contributed by atoms with Gasteiger partial charge in [-0.2, -0.15) is 0 Å². The summed E-state index contributed by atoms with van der Waals surface area (Å²) in [5, 5.41) is 16.8. The van der Waals surface area contributed by atoms with Crippen molar-refractivity contribution in [3.05, 3.63) is 131 Å². The Labute approximate surface area is 438 Å². The van der Waals surface area contributed by atoms with Crippen LogP contribution < -0.4 is 5.32 Å². The van der Waals surface area contributed by atoms with Crippen molar-refractivity contribution < 1.29 is 76.3 Å². The summed E-state index contributed by atoms with van der Waals surface area (Å²) in [6.45, 7) is 21.2. The highest BCUT2D eigenvalue weighted by atomic mass is 28.4. The third-order valence-electron chi connectivity index (χ3n) is 16.2. The summed E-state index contributed by atoms with van der Waals surface area (Å²) in [5.41, 5.74) is -7.16. The number of carbonyl (C=O) groups is 7. The molecule has 1 saturated heterocycles. The summed E-state index contributed by atoms with van der Waals surface area (Å²) < 4.78 is 49.9. The Kier molecular flexibility index (Phi) is 16.0. The number of ketones is 1. The van der Waals surface area contributed by atoms with Gasteiger partial charge in [0.25, 0.3) is 5.91 Å². The van der Waals surface area contributed by atoms with Crippen LogP contribution in [0.1, 0.15) is 107 Å². The molecule has 1 amide bonds. The highest BCUT2D eigenvalue weighted by Crippen LogP contribution is 2.65. The molecule has 2 bridgehead atoms. The number of hydrogen-bond donors (Lipinski definition) is 2. The van der Waals surface area contributed by atoms with Gasteiger partial charge in [-0.25, -0.2) is 14.4 Å². The second kappa shape index (κ2) is 21.3. The lowest BCUT2D eigenvalue weighted by molar-refractivity contribution is -0.346. The standard InChI is InChI=1S/C57H69NO16Si/c1-13-29-67-52(65)71-40-30-41-56(32-68-41,73-35(4)60)46-48(72-50(63)38-27-21-16-22-28-38)57(66)31-39(33(2)42(54(57,8)9)44(69-34(3)59)47(61)55(40,46)10)70-51(64)45(74-75(11,12)53(5,6)7)43(36-23-17-14-18-24-36)58-49(62)37-25-19-15-20-26-37/h13-28,39-41,43-46,48,66H,1,29-32H2,2-12H3,(H,58,62)/t39-,40-,41+,43-,44+,45+,46-,48-,55+,56-,57+/m0/s1. The number of fused-ring (bicyclic) bond motifs is 5. The quantitative estimate of drug-likeness (QED) is 0.0634. The van der Waals surface area contributed by atoms with E-state index in [0.717, 1.165) is 13.8 Å². The Bertz CT molecular complexity index is 2720. The number of rotatable bonds is 15. The molecule has 1 heterocycles. The van der Waals surface area contributed by atoms with Crippen LogP contribution in [0.25, 0.3) is 0 Å². The Morgan fingerprint density at radius 2 is 1.44 bits per heavy atom. The molecule has 3 aliphatic carbocycles. The molecule has 75 heavy (non-hydrogen) atoms. The molecule has 0 unspecified atom stereocenters. The first-order chi connectivity index (χ1) is 35.1. The molecule has 2 saturated carbocycles. The number of Topliss-reactive ketones (excluding diaryl/α,β-unsaturated/α-hetero) is 1. The van der Waals surface area contributed by atoms with Gasteiger partial charge in [0.1, 0.15) is 36.6 Å². The zero-order chi connectivity index (χ0) is 55.1. The first-order valence-corrected chi connectivity index (χ1v) is 28.0. The van der Waals surface area contributed by atoms with E-state index < -0.39 is 132 Å². The average Bonchev–Trinajstić information content (AvgIpc) is 3.35. The van der Waals surface area contributed by atoms with Crippen LogP contribution in [-0.4, -0.2) is 116 Å². The molecule has 0 aromatic heterocycles. The van der Waals surface area contributed by atoms with Gasteiger partial charge in [-0.05, 0) is 73.0 Å². The molecule has 17 nitrogen and oxygen atoms in total. The second-order valence-corrected chi connectivity index (χ2v) is 26.9. The fourth-order valence-electron chi connectivity index (χ4n) is 11.2. The van der Waals surface area contributed by atoms with Gasteiger partial charge in [0, 0.05) is 37.7 Å². The summed E-state index contributed by atoms with van der Waals surface area (Å²) >= 11 is 0. The van der Waals surface area contributed by atoms with Crippen LogP contribution in [0.4, 0.5) is 4.79 Å². The minimum Gasteiger partial charge on any atom is -0.456 e. The van der Waals surface area contributed by atoms with Gasteiger partial charge in [0.2, 0.25) is 0 Å². The van der Waals surface area contributed by atoms with Crippen molar-refractivity contribution in [3.8, 4) is 0 Å². The van der Waals surface area contributed by atoms with Crippen LogP contribution in [0.2, 0.25) is 18.1 Å². The molecule has 402 valence electrons. The highest BCUT2D eigenvalue weighted by molar-refractivity contribution is 6.74. The van der Waals surface area contributed by atoms with E-state index in [1.807, 2.05) is 33.9 Å². The molecule has 1 aliphatic heterocycles. The Morgan fingerprint density at radius 1 is 0.853 bits per heavy atom. The number of hydrogen-bond acceptors (Lipinski definition) is 16. The van der Waals surface area contributed by atoms with Crippen LogP contribution in [0.15, 0.2) is 115 Å². The number of carbonyl (C=O) groups excluding carboxylic acids is 7. The monoisotopic (exact) mass is 1050 g/mol. The van der Waals surface area contributed by atoms with Crippen molar-refractivity contribution in [2.45, 2.75) is 147 Å². The molecule has 4 aliphatic rings. The number of amides is 1. The molecule has 11 atom stereocenters. The first kappa shape index (κ1) is 56.3. The van der Waals surface area contributed by atoms with E-state index >= 15 is 9.59 Å². The highest BCUT2D eigenvalue weighted by Gasteiger charge is 2.79. The molecule has 0 spiro atoms. The molecule has 2 N–H and O–H groups in total. The van der Waals surface area contributed by atoms with Gasteiger partial charge in [-0.3, -0.25) is 19.2 Å². The zero-order valence-corrected chi connectivity index (χ0v) is 45.5. The fourth-order valence-corrected chi connectivity index (χ4v) is 12.4. The Hall–Kier alpha value is -6.47. The van der Waals surface area contributed by atoms with E-state index in [9.17, 15) is 29.1 Å². The summed E-state index contributed by atoms with van der Waals surface area (Å²) in [4.78, 5) is 101. The molecular formula is C57H69NO16Si. The van der Waals surface area contributed by atoms with Crippen LogP contribution >= 0.6 is 0 Å². The normalized spacial score (nSPS) is 28.7. The summed E-state index contributed by atoms with van der Waals surface area (Å²) in [7, 11) is -2.97. The molecule has 3 aromatic rings. The van der Waals surface area contributed by atoms with E-state index in [2.05, 4.69) is 11.9 Å². The predicted octanol–water partition coefficient (Wildman–Crippen LogP) is 8.11.